The molecule has 78 valence electrons. The fourth-order valence-corrected chi connectivity index (χ4v) is 0.940. The van der Waals surface area contributed by atoms with Gasteiger partial charge in [0.1, 0.15) is 0 Å². The standard InChI is InChI=1S/C10H17N3S/c1-4-5-6-7-8-9-13(3)10(14)12-11-2/h4,7-8H,1-2,5-6,9H2,3H3,(H,12,14)/b8-7-. The van der Waals surface area contributed by atoms with Gasteiger partial charge in [-0.25, -0.2) is 0 Å². The minimum Gasteiger partial charge on any atom is -0.347 e. The second kappa shape index (κ2) is 8.44. The van der Waals surface area contributed by atoms with Gasteiger partial charge < -0.3 is 4.90 Å². The first-order valence-electron chi connectivity index (χ1n) is 4.45. The van der Waals surface area contributed by atoms with Crippen molar-refractivity contribution in [1.29, 1.82) is 0 Å². The predicted molar refractivity (Wildman–Crippen MR) is 66.5 cm³/mol. The second-order valence-corrected chi connectivity index (χ2v) is 3.18. The van der Waals surface area contributed by atoms with E-state index < -0.39 is 0 Å². The van der Waals surface area contributed by atoms with E-state index in [0.29, 0.717) is 5.11 Å². The molecule has 3 nitrogen and oxygen atoms in total. The average Bonchev–Trinajstić information content (AvgIpc) is 2.17. The first kappa shape index (κ1) is 12.8. The third kappa shape index (κ3) is 6.37. The Hall–Kier alpha value is -1.16. The van der Waals surface area contributed by atoms with Gasteiger partial charge in [0.2, 0.25) is 0 Å². The molecule has 14 heavy (non-hydrogen) atoms. The molecular formula is C10H17N3S. The molecule has 0 saturated carbocycles. The summed E-state index contributed by atoms with van der Waals surface area (Å²) in [6.07, 6.45) is 8.12. The maximum Gasteiger partial charge on any atom is 0.189 e. The van der Waals surface area contributed by atoms with Crippen molar-refractivity contribution in [3.8, 4) is 0 Å². The van der Waals surface area contributed by atoms with Crippen LogP contribution in [0.15, 0.2) is 29.9 Å². The summed E-state index contributed by atoms with van der Waals surface area (Å²) in [5, 5.41) is 4.07. The number of hydrogen-bond donors (Lipinski definition) is 1. The Morgan fingerprint density at radius 1 is 1.50 bits per heavy atom. The summed E-state index contributed by atoms with van der Waals surface area (Å²) >= 11 is 5.01. The topological polar surface area (TPSA) is 27.6 Å². The molecule has 0 aliphatic heterocycles. The van der Waals surface area contributed by atoms with Crippen LogP contribution in [0.4, 0.5) is 0 Å². The fourth-order valence-electron chi connectivity index (χ4n) is 0.800. The fraction of sp³-hybridized carbons (Fsp3) is 0.400. The highest BCUT2D eigenvalue weighted by Gasteiger charge is 1.98. The smallest absolute Gasteiger partial charge is 0.189 e. The Balaban J connectivity index is 3.66. The third-order valence-electron chi connectivity index (χ3n) is 1.60. The third-order valence-corrected chi connectivity index (χ3v) is 2.01. The summed E-state index contributed by atoms with van der Waals surface area (Å²) in [6.45, 7) is 7.73. The van der Waals surface area contributed by atoms with Gasteiger partial charge in [0, 0.05) is 20.3 Å². The van der Waals surface area contributed by atoms with Crippen LogP contribution in [0, 0.1) is 0 Å². The SMILES string of the molecule is C=CCC/C=C\CN(C)C(=S)NN=C. The number of rotatable bonds is 6. The summed E-state index contributed by atoms with van der Waals surface area (Å²) in [4.78, 5) is 1.88. The number of thiocarbonyl (C=S) groups is 1. The second-order valence-electron chi connectivity index (χ2n) is 2.79. The van der Waals surface area contributed by atoms with E-state index in [1.807, 2.05) is 18.0 Å². The van der Waals surface area contributed by atoms with Crippen LogP contribution in [0.1, 0.15) is 12.8 Å². The van der Waals surface area contributed by atoms with Crippen molar-refractivity contribution in [2.75, 3.05) is 13.6 Å². The lowest BCUT2D eigenvalue weighted by Crippen LogP contribution is -2.33. The van der Waals surface area contributed by atoms with E-state index >= 15 is 0 Å². The Morgan fingerprint density at radius 2 is 2.21 bits per heavy atom. The van der Waals surface area contributed by atoms with Crippen LogP contribution in [-0.2, 0) is 0 Å². The zero-order chi connectivity index (χ0) is 10.8. The van der Waals surface area contributed by atoms with Crippen molar-refractivity contribution in [2.45, 2.75) is 12.8 Å². The Morgan fingerprint density at radius 3 is 2.79 bits per heavy atom. The molecule has 1 N–H and O–H groups in total. The molecule has 0 heterocycles. The molecular weight excluding hydrogens is 194 g/mol. The maximum absolute atomic E-state index is 5.01. The molecule has 0 aromatic carbocycles. The van der Waals surface area contributed by atoms with E-state index in [0.717, 1.165) is 19.4 Å². The molecule has 0 bridgehead atoms. The first-order chi connectivity index (χ1) is 6.72. The van der Waals surface area contributed by atoms with Gasteiger partial charge in [-0.05, 0) is 25.1 Å². The van der Waals surface area contributed by atoms with E-state index in [1.165, 1.54) is 0 Å². The van der Waals surface area contributed by atoms with Crippen LogP contribution < -0.4 is 5.43 Å². The molecule has 0 saturated heterocycles. The molecule has 4 heteroatoms. The minimum atomic E-state index is 0.577. The number of nitrogens with one attached hydrogen (secondary N) is 1. The Labute approximate surface area is 91.2 Å². The van der Waals surface area contributed by atoms with Crippen LogP contribution in [-0.4, -0.2) is 30.3 Å². The summed E-state index contributed by atoms with van der Waals surface area (Å²) in [5.74, 6) is 0. The largest absolute Gasteiger partial charge is 0.347 e. The van der Waals surface area contributed by atoms with Gasteiger partial charge in [-0.15, -0.1) is 6.58 Å². The molecule has 0 aliphatic rings. The van der Waals surface area contributed by atoms with Gasteiger partial charge in [-0.1, -0.05) is 18.2 Å². The van der Waals surface area contributed by atoms with Crippen molar-refractivity contribution in [2.24, 2.45) is 5.10 Å². The summed E-state index contributed by atoms with van der Waals surface area (Å²) in [5.41, 5.74) is 2.62. The molecule has 0 aromatic heterocycles. The molecule has 0 rings (SSSR count). The highest BCUT2D eigenvalue weighted by atomic mass is 32.1. The van der Waals surface area contributed by atoms with E-state index in [2.05, 4.69) is 36.0 Å². The minimum absolute atomic E-state index is 0.577. The summed E-state index contributed by atoms with van der Waals surface area (Å²) in [6, 6.07) is 0. The van der Waals surface area contributed by atoms with Crippen LogP contribution in [0.2, 0.25) is 0 Å². The number of unbranched alkanes of at least 4 members (excludes halogenated alkanes) is 1. The molecule has 0 atom stereocenters. The molecule has 0 aromatic rings. The number of likely N-dealkylation sites (N-methyl/N-ethyl adjacent to an activating group) is 1. The van der Waals surface area contributed by atoms with Gasteiger partial charge in [0.15, 0.2) is 5.11 Å². The van der Waals surface area contributed by atoms with E-state index in [-0.39, 0.29) is 0 Å². The number of allylic oxidation sites excluding steroid dienone is 2. The number of nitrogens with zero attached hydrogens (tertiary/aromatic N) is 2. The molecule has 0 aliphatic carbocycles. The van der Waals surface area contributed by atoms with Gasteiger partial charge in [0.25, 0.3) is 0 Å². The van der Waals surface area contributed by atoms with Crippen molar-refractivity contribution >= 4 is 24.0 Å². The molecule has 0 amide bonds. The summed E-state index contributed by atoms with van der Waals surface area (Å²) in [7, 11) is 1.90. The van der Waals surface area contributed by atoms with Crippen LogP contribution in [0.5, 0.6) is 0 Å². The lowest BCUT2D eigenvalue weighted by atomic mass is 10.3. The quantitative estimate of drug-likeness (QED) is 0.239. The number of hydrogen-bond acceptors (Lipinski definition) is 2. The molecule has 0 unspecified atom stereocenters. The lowest BCUT2D eigenvalue weighted by molar-refractivity contribution is 0.551. The maximum atomic E-state index is 5.01. The first-order valence-corrected chi connectivity index (χ1v) is 4.86. The van der Waals surface area contributed by atoms with Gasteiger partial charge in [-0.2, -0.15) is 5.10 Å². The van der Waals surface area contributed by atoms with Crippen molar-refractivity contribution in [3.63, 3.8) is 0 Å². The van der Waals surface area contributed by atoms with Gasteiger partial charge in [0.05, 0.1) is 0 Å². The van der Waals surface area contributed by atoms with E-state index in [1.54, 1.807) is 0 Å². The highest BCUT2D eigenvalue weighted by molar-refractivity contribution is 7.80. The van der Waals surface area contributed by atoms with E-state index in [4.69, 9.17) is 12.2 Å². The zero-order valence-electron chi connectivity index (χ0n) is 8.57. The zero-order valence-corrected chi connectivity index (χ0v) is 9.39. The number of hydrazone groups is 1. The van der Waals surface area contributed by atoms with E-state index in [9.17, 15) is 0 Å². The molecule has 0 spiro atoms. The van der Waals surface area contributed by atoms with Crippen molar-refractivity contribution in [3.05, 3.63) is 24.8 Å². The van der Waals surface area contributed by atoms with Crippen molar-refractivity contribution in [1.82, 2.24) is 10.3 Å². The van der Waals surface area contributed by atoms with Crippen LogP contribution in [0.25, 0.3) is 0 Å². The van der Waals surface area contributed by atoms with Crippen LogP contribution >= 0.6 is 12.2 Å². The monoisotopic (exact) mass is 211 g/mol. The predicted octanol–water partition coefficient (Wildman–Crippen LogP) is 1.93. The lowest BCUT2D eigenvalue weighted by Gasteiger charge is -2.16. The average molecular weight is 211 g/mol. The van der Waals surface area contributed by atoms with Gasteiger partial charge >= 0.3 is 0 Å². The van der Waals surface area contributed by atoms with Crippen molar-refractivity contribution < 1.29 is 0 Å². The molecule has 0 radical (unpaired) electrons. The Kier molecular flexibility index (Phi) is 7.74. The summed E-state index contributed by atoms with van der Waals surface area (Å²) < 4.78 is 0. The van der Waals surface area contributed by atoms with Gasteiger partial charge in [-0.3, -0.25) is 5.43 Å². The highest BCUT2D eigenvalue weighted by Crippen LogP contribution is 1.92. The molecule has 0 fully saturated rings. The van der Waals surface area contributed by atoms with Crippen LogP contribution in [0.3, 0.4) is 0 Å². The Bertz CT molecular complexity index is 223. The normalized spacial score (nSPS) is 9.79.